The molecule has 0 aliphatic heterocycles. The average molecular weight is 308 g/mol. The van der Waals surface area contributed by atoms with Crippen LogP contribution in [0.2, 0.25) is 0 Å². The van der Waals surface area contributed by atoms with Crippen molar-refractivity contribution in [2.45, 2.75) is 0 Å². The highest BCUT2D eigenvalue weighted by Crippen LogP contribution is 2.13. The van der Waals surface area contributed by atoms with Gasteiger partial charge in [0.05, 0.1) is 11.6 Å². The minimum Gasteiger partial charge on any atom is -0.507 e. The van der Waals surface area contributed by atoms with Crippen molar-refractivity contribution in [1.29, 1.82) is 0 Å². The predicted molar refractivity (Wildman–Crippen MR) is 85.5 cm³/mol. The second-order valence-electron chi connectivity index (χ2n) is 4.70. The van der Waals surface area contributed by atoms with Gasteiger partial charge in [-0.25, -0.2) is 10.5 Å². The van der Waals surface area contributed by atoms with Crippen molar-refractivity contribution in [3.63, 3.8) is 0 Å². The molecule has 0 fully saturated rings. The maximum atomic E-state index is 12.2. The molecular formula is C16H12N4O3. The fraction of sp³-hybridized carbons (Fsp3) is 0. The Bertz CT molecular complexity index is 963. The van der Waals surface area contributed by atoms with Crippen molar-refractivity contribution >= 4 is 22.9 Å². The van der Waals surface area contributed by atoms with Crippen LogP contribution in [0.15, 0.2) is 58.4 Å². The Balaban J connectivity index is 1.86. The molecule has 3 rings (SSSR count). The number of fused-ring (bicyclic) bond motifs is 1. The van der Waals surface area contributed by atoms with Crippen molar-refractivity contribution in [3.8, 4) is 5.75 Å². The second kappa shape index (κ2) is 6.10. The van der Waals surface area contributed by atoms with E-state index < -0.39 is 5.91 Å². The smallest absolute Gasteiger partial charge is 0.292 e. The summed E-state index contributed by atoms with van der Waals surface area (Å²) in [6.07, 6.45) is 1.32. The summed E-state index contributed by atoms with van der Waals surface area (Å²) < 4.78 is 0. The largest absolute Gasteiger partial charge is 0.507 e. The van der Waals surface area contributed by atoms with Crippen LogP contribution in [0.5, 0.6) is 5.75 Å². The topological polar surface area (TPSA) is 107 Å². The molecule has 1 aromatic heterocycles. The van der Waals surface area contributed by atoms with Crippen molar-refractivity contribution < 1.29 is 9.90 Å². The van der Waals surface area contributed by atoms with Crippen LogP contribution in [0.3, 0.4) is 0 Å². The number of aromatic amines is 1. The molecule has 1 amide bonds. The molecule has 0 spiro atoms. The van der Waals surface area contributed by atoms with E-state index in [1.165, 1.54) is 12.3 Å². The highest BCUT2D eigenvalue weighted by atomic mass is 16.3. The molecule has 0 saturated carbocycles. The van der Waals surface area contributed by atoms with E-state index in [2.05, 4.69) is 20.7 Å². The van der Waals surface area contributed by atoms with Gasteiger partial charge >= 0.3 is 0 Å². The summed E-state index contributed by atoms with van der Waals surface area (Å²) >= 11 is 0. The zero-order valence-electron chi connectivity index (χ0n) is 11.9. The number of aromatic nitrogens is 2. The van der Waals surface area contributed by atoms with Crippen LogP contribution in [0.1, 0.15) is 16.1 Å². The summed E-state index contributed by atoms with van der Waals surface area (Å²) in [4.78, 5) is 23.9. The maximum Gasteiger partial charge on any atom is 0.292 e. The number of aromatic hydroxyl groups is 1. The number of amides is 1. The minimum atomic E-state index is -0.566. The molecule has 0 aliphatic carbocycles. The third kappa shape index (κ3) is 2.93. The molecule has 0 aliphatic rings. The number of nitrogens with zero attached hydrogens (tertiary/aromatic N) is 2. The Hall–Kier alpha value is -3.48. The molecule has 1 heterocycles. The number of nitrogens with one attached hydrogen (secondary N) is 2. The van der Waals surface area contributed by atoms with Gasteiger partial charge in [-0.1, -0.05) is 30.3 Å². The van der Waals surface area contributed by atoms with E-state index in [9.17, 15) is 14.7 Å². The molecule has 7 heteroatoms. The Morgan fingerprint density at radius 2 is 1.83 bits per heavy atom. The van der Waals surface area contributed by atoms with E-state index in [1.807, 2.05) is 0 Å². The van der Waals surface area contributed by atoms with Crippen LogP contribution in [-0.4, -0.2) is 27.4 Å². The van der Waals surface area contributed by atoms with Gasteiger partial charge in [-0.05, 0) is 18.2 Å². The molecule has 3 N–H and O–H groups in total. The zero-order chi connectivity index (χ0) is 16.2. The summed E-state index contributed by atoms with van der Waals surface area (Å²) in [5.41, 5.74) is 2.48. The highest BCUT2D eigenvalue weighted by molar-refractivity contribution is 6.04. The van der Waals surface area contributed by atoms with Crippen LogP contribution in [0.25, 0.3) is 10.8 Å². The summed E-state index contributed by atoms with van der Waals surface area (Å²) in [6, 6.07) is 13.2. The number of phenols is 1. The number of hydrogen-bond donors (Lipinski definition) is 3. The summed E-state index contributed by atoms with van der Waals surface area (Å²) in [6.45, 7) is 0. The maximum absolute atomic E-state index is 12.2. The van der Waals surface area contributed by atoms with Gasteiger partial charge in [0.1, 0.15) is 5.75 Å². The Kier molecular flexibility index (Phi) is 3.84. The quantitative estimate of drug-likeness (QED) is 0.502. The lowest BCUT2D eigenvalue weighted by atomic mass is 10.1. The van der Waals surface area contributed by atoms with Gasteiger partial charge < -0.3 is 5.11 Å². The molecular weight excluding hydrogens is 296 g/mol. The molecule has 2 aromatic carbocycles. The number of benzene rings is 2. The fourth-order valence-corrected chi connectivity index (χ4v) is 2.10. The van der Waals surface area contributed by atoms with Gasteiger partial charge in [0.15, 0.2) is 5.69 Å². The summed E-state index contributed by atoms with van der Waals surface area (Å²) in [5, 5.41) is 20.3. The van der Waals surface area contributed by atoms with Gasteiger partial charge in [0.25, 0.3) is 11.5 Å². The van der Waals surface area contributed by atoms with Gasteiger partial charge in [-0.2, -0.15) is 10.2 Å². The van der Waals surface area contributed by atoms with Crippen molar-refractivity contribution in [2.75, 3.05) is 0 Å². The first-order valence-electron chi connectivity index (χ1n) is 6.75. The summed E-state index contributed by atoms with van der Waals surface area (Å²) in [5.74, 6) is -0.512. The van der Waals surface area contributed by atoms with Gasteiger partial charge in [-0.15, -0.1) is 0 Å². The van der Waals surface area contributed by atoms with Crippen LogP contribution in [0, 0.1) is 0 Å². The molecule has 3 aromatic rings. The number of hydrogen-bond acceptors (Lipinski definition) is 5. The molecule has 0 radical (unpaired) electrons. The number of para-hydroxylation sites is 1. The minimum absolute atomic E-state index is 0.0538. The number of carbonyl (C=O) groups is 1. The van der Waals surface area contributed by atoms with E-state index in [-0.39, 0.29) is 17.0 Å². The van der Waals surface area contributed by atoms with Crippen molar-refractivity contribution in [2.24, 2.45) is 5.10 Å². The molecule has 0 bridgehead atoms. The lowest BCUT2D eigenvalue weighted by Gasteiger charge is -2.03. The summed E-state index contributed by atoms with van der Waals surface area (Å²) in [7, 11) is 0. The second-order valence-corrected chi connectivity index (χ2v) is 4.70. The van der Waals surface area contributed by atoms with E-state index in [1.54, 1.807) is 42.5 Å². The van der Waals surface area contributed by atoms with E-state index >= 15 is 0 Å². The lowest BCUT2D eigenvalue weighted by Crippen LogP contribution is -2.22. The molecule has 7 nitrogen and oxygen atoms in total. The third-order valence-electron chi connectivity index (χ3n) is 3.22. The van der Waals surface area contributed by atoms with Gasteiger partial charge in [0.2, 0.25) is 0 Å². The van der Waals surface area contributed by atoms with Crippen LogP contribution in [-0.2, 0) is 0 Å². The molecule has 114 valence electrons. The van der Waals surface area contributed by atoms with E-state index in [0.29, 0.717) is 16.3 Å². The Morgan fingerprint density at radius 1 is 1.13 bits per heavy atom. The number of hydrazone groups is 1. The van der Waals surface area contributed by atoms with Gasteiger partial charge in [0, 0.05) is 10.9 Å². The number of carbonyl (C=O) groups excluding carboxylic acids is 1. The average Bonchev–Trinajstić information content (AvgIpc) is 2.57. The van der Waals surface area contributed by atoms with Gasteiger partial charge in [-0.3, -0.25) is 9.59 Å². The van der Waals surface area contributed by atoms with Crippen molar-refractivity contribution in [1.82, 2.24) is 15.6 Å². The van der Waals surface area contributed by atoms with E-state index in [4.69, 9.17) is 0 Å². The molecule has 0 saturated heterocycles. The third-order valence-corrected chi connectivity index (χ3v) is 3.22. The normalized spacial score (nSPS) is 11.0. The SMILES string of the molecule is O=C(N/N=C/c1ccccc1O)c1n[nH]c(=O)c2ccccc12. The predicted octanol–water partition coefficient (Wildman–Crippen LogP) is 1.39. The van der Waals surface area contributed by atoms with Crippen LogP contribution >= 0.6 is 0 Å². The Labute approximate surface area is 130 Å². The first-order chi connectivity index (χ1) is 11.2. The number of rotatable bonds is 3. The highest BCUT2D eigenvalue weighted by Gasteiger charge is 2.13. The fourth-order valence-electron chi connectivity index (χ4n) is 2.10. The first-order valence-corrected chi connectivity index (χ1v) is 6.75. The first kappa shape index (κ1) is 14.5. The molecule has 23 heavy (non-hydrogen) atoms. The van der Waals surface area contributed by atoms with Crippen LogP contribution < -0.4 is 11.0 Å². The van der Waals surface area contributed by atoms with Crippen LogP contribution in [0.4, 0.5) is 0 Å². The zero-order valence-corrected chi connectivity index (χ0v) is 11.9. The standard InChI is InChI=1S/C16H12N4O3/c21-13-8-4-1-5-10(13)9-17-19-16(23)14-11-6-2-3-7-12(11)15(22)20-18-14/h1-9,21H,(H,19,23)(H,20,22)/b17-9+. The van der Waals surface area contributed by atoms with E-state index in [0.717, 1.165) is 0 Å². The number of phenolic OH excluding ortho intramolecular Hbond substituents is 1. The molecule has 0 atom stereocenters. The number of H-pyrrole nitrogens is 1. The van der Waals surface area contributed by atoms with Crippen molar-refractivity contribution in [3.05, 3.63) is 70.1 Å². The Morgan fingerprint density at radius 3 is 2.61 bits per heavy atom. The molecule has 0 unspecified atom stereocenters. The lowest BCUT2D eigenvalue weighted by molar-refractivity contribution is 0.0951. The monoisotopic (exact) mass is 308 g/mol.